The number of hydrogen-bond acceptors (Lipinski definition) is 8. The van der Waals surface area contributed by atoms with Gasteiger partial charge in [-0.1, -0.05) is 17.7 Å². The first-order chi connectivity index (χ1) is 20.0. The maximum Gasteiger partial charge on any atom is 0.271 e. The van der Waals surface area contributed by atoms with E-state index in [0.717, 1.165) is 4.90 Å². The van der Waals surface area contributed by atoms with E-state index < -0.39 is 40.4 Å². The molecule has 2 aromatic carbocycles. The first kappa shape index (κ1) is 28.2. The van der Waals surface area contributed by atoms with Crippen molar-refractivity contribution in [3.05, 3.63) is 89.4 Å². The van der Waals surface area contributed by atoms with Gasteiger partial charge in [0, 0.05) is 39.2 Å². The molecule has 3 aliphatic carbocycles. The SMILES string of the molecule is COc1cc([C@H]2C3=CC[C@@H]4C(=O)N(c5cccc([N+](=O)[O-])c5)C(=O)[C@@H]4[C@@H]3CC3=C2C(=O)C=C(C)C3=O)c(Br)c(Br)c1O. The van der Waals surface area contributed by atoms with E-state index in [2.05, 4.69) is 31.9 Å². The molecule has 0 spiro atoms. The maximum absolute atomic E-state index is 14.0. The molecule has 4 atom stereocenters. The van der Waals surface area contributed by atoms with Crippen LogP contribution in [0.25, 0.3) is 0 Å². The van der Waals surface area contributed by atoms with Gasteiger partial charge in [-0.3, -0.25) is 29.3 Å². The van der Waals surface area contributed by atoms with Crippen molar-refractivity contribution in [2.24, 2.45) is 17.8 Å². The fourth-order valence-electron chi connectivity index (χ4n) is 6.72. The number of hydrogen-bond donors (Lipinski definition) is 1. The number of ether oxygens (including phenoxy) is 1. The summed E-state index contributed by atoms with van der Waals surface area (Å²) in [6, 6.07) is 6.97. The van der Waals surface area contributed by atoms with Crippen molar-refractivity contribution in [3.63, 3.8) is 0 Å². The fraction of sp³-hybridized carbons (Fsp3) is 0.267. The zero-order chi connectivity index (χ0) is 30.2. The molecular weight excluding hydrogens is 676 g/mol. The van der Waals surface area contributed by atoms with Crippen molar-refractivity contribution >= 4 is 66.6 Å². The molecule has 12 heteroatoms. The number of methoxy groups -OCH3 is 1. The number of fused-ring (bicyclic) bond motifs is 3. The third-order valence-corrected chi connectivity index (χ3v) is 10.7. The van der Waals surface area contributed by atoms with Crippen LogP contribution in [-0.2, 0) is 19.2 Å². The number of carbonyl (C=O) groups is 4. The topological polar surface area (TPSA) is 144 Å². The molecule has 1 saturated heterocycles. The highest BCUT2D eigenvalue weighted by molar-refractivity contribution is 9.13. The van der Waals surface area contributed by atoms with Crippen LogP contribution in [0, 0.1) is 27.9 Å². The van der Waals surface area contributed by atoms with Crippen molar-refractivity contribution in [1.29, 1.82) is 0 Å². The molecule has 1 N–H and O–H groups in total. The minimum absolute atomic E-state index is 0.0877. The van der Waals surface area contributed by atoms with Gasteiger partial charge in [0.1, 0.15) is 0 Å². The summed E-state index contributed by atoms with van der Waals surface area (Å²) in [4.78, 5) is 66.5. The van der Waals surface area contributed by atoms with Crippen LogP contribution in [0.1, 0.15) is 31.2 Å². The number of aromatic hydroxyl groups is 1. The average Bonchev–Trinajstić information content (AvgIpc) is 3.23. The lowest BCUT2D eigenvalue weighted by atomic mass is 9.59. The normalized spacial score (nSPS) is 25.1. The molecule has 42 heavy (non-hydrogen) atoms. The highest BCUT2D eigenvalue weighted by atomic mass is 79.9. The van der Waals surface area contributed by atoms with Crippen molar-refractivity contribution in [3.8, 4) is 11.5 Å². The van der Waals surface area contributed by atoms with Gasteiger partial charge in [0.25, 0.3) is 5.69 Å². The Morgan fingerprint density at radius 3 is 2.50 bits per heavy atom. The third-order valence-electron chi connectivity index (χ3n) is 8.57. The number of phenolic OH excluding ortho intramolecular Hbond substituents is 1. The van der Waals surface area contributed by atoms with E-state index in [-0.39, 0.29) is 58.4 Å². The molecule has 1 heterocycles. The van der Waals surface area contributed by atoms with Crippen LogP contribution >= 0.6 is 31.9 Å². The molecule has 0 radical (unpaired) electrons. The first-order valence-electron chi connectivity index (χ1n) is 13.0. The van der Waals surface area contributed by atoms with Crippen LogP contribution in [0.15, 0.2) is 73.7 Å². The number of rotatable bonds is 4. The number of amides is 2. The van der Waals surface area contributed by atoms with E-state index in [9.17, 15) is 34.4 Å². The average molecular weight is 698 g/mol. The molecule has 0 saturated carbocycles. The van der Waals surface area contributed by atoms with Gasteiger partial charge in [0.2, 0.25) is 11.8 Å². The molecule has 0 unspecified atom stereocenters. The lowest BCUT2D eigenvalue weighted by molar-refractivity contribution is -0.384. The molecular formula is C30H22Br2N2O8. The third kappa shape index (κ3) is 4.03. The summed E-state index contributed by atoms with van der Waals surface area (Å²) in [7, 11) is 1.39. The molecule has 214 valence electrons. The number of phenols is 1. The first-order valence-corrected chi connectivity index (χ1v) is 14.6. The Hall–Kier alpha value is -3.90. The van der Waals surface area contributed by atoms with Crippen LogP contribution in [0.4, 0.5) is 11.4 Å². The maximum atomic E-state index is 14.0. The Kier molecular flexibility index (Phi) is 6.81. The number of non-ortho nitro benzene ring substituents is 1. The van der Waals surface area contributed by atoms with Crippen molar-refractivity contribution < 1.29 is 33.9 Å². The quantitative estimate of drug-likeness (QED) is 0.146. The second-order valence-corrected chi connectivity index (χ2v) is 12.2. The molecule has 2 aromatic rings. The molecule has 1 fully saturated rings. The number of nitro benzene ring substituents is 1. The lowest BCUT2D eigenvalue weighted by Crippen LogP contribution is -2.40. The van der Waals surface area contributed by atoms with Gasteiger partial charge in [0.15, 0.2) is 23.1 Å². The Balaban J connectivity index is 1.52. The molecule has 0 bridgehead atoms. The highest BCUT2D eigenvalue weighted by Crippen LogP contribution is 2.57. The second kappa shape index (κ2) is 10.1. The summed E-state index contributed by atoms with van der Waals surface area (Å²) < 4.78 is 6.12. The standard InChI is InChI=1S/C30H22Br2N2O8/c1-12-8-20(35)24-19(27(12)36)10-17-15(22(24)18-11-21(42-2)28(37)26(32)25(18)31)6-7-16-23(17)30(39)33(29(16)38)13-4-3-5-14(9-13)34(40)41/h3-6,8-9,11,16-17,22-23,37H,7,10H2,1-2H3/t16-,17+,22+,23-/m0/s1. The Morgan fingerprint density at radius 2 is 1.81 bits per heavy atom. The highest BCUT2D eigenvalue weighted by Gasteiger charge is 2.57. The second-order valence-electron chi connectivity index (χ2n) is 10.7. The van der Waals surface area contributed by atoms with E-state index in [4.69, 9.17) is 4.74 Å². The van der Waals surface area contributed by atoms with Crippen LogP contribution < -0.4 is 9.64 Å². The summed E-state index contributed by atoms with van der Waals surface area (Å²) in [6.07, 6.45) is 3.47. The van der Waals surface area contributed by atoms with E-state index in [1.54, 1.807) is 13.0 Å². The zero-order valence-corrected chi connectivity index (χ0v) is 25.4. The predicted octanol–water partition coefficient (Wildman–Crippen LogP) is 5.47. The van der Waals surface area contributed by atoms with E-state index in [1.165, 1.54) is 37.5 Å². The van der Waals surface area contributed by atoms with E-state index >= 15 is 0 Å². The summed E-state index contributed by atoms with van der Waals surface area (Å²) in [5, 5.41) is 22.0. The number of carbonyl (C=O) groups excluding carboxylic acids is 4. The molecule has 0 aromatic heterocycles. The Bertz CT molecular complexity index is 1760. The summed E-state index contributed by atoms with van der Waals surface area (Å²) >= 11 is 6.92. The number of ketones is 2. The zero-order valence-electron chi connectivity index (χ0n) is 22.2. The van der Waals surface area contributed by atoms with Gasteiger partial charge >= 0.3 is 0 Å². The molecule has 6 rings (SSSR count). The predicted molar refractivity (Wildman–Crippen MR) is 157 cm³/mol. The number of allylic oxidation sites excluding steroid dienone is 6. The van der Waals surface area contributed by atoms with E-state index in [1.807, 2.05) is 6.08 Å². The van der Waals surface area contributed by atoms with Gasteiger partial charge in [-0.15, -0.1) is 0 Å². The van der Waals surface area contributed by atoms with Crippen LogP contribution in [0.2, 0.25) is 0 Å². The number of nitro groups is 1. The molecule has 1 aliphatic heterocycles. The summed E-state index contributed by atoms with van der Waals surface area (Å²) in [6.45, 7) is 1.57. The minimum atomic E-state index is -0.844. The van der Waals surface area contributed by atoms with Crippen molar-refractivity contribution in [2.75, 3.05) is 12.0 Å². The number of nitrogens with zero attached hydrogens (tertiary/aromatic N) is 2. The number of Topliss-reactive ketones (excluding diaryl/α,β-unsaturated/α-hetero) is 1. The number of anilines is 1. The van der Waals surface area contributed by atoms with Crippen LogP contribution in [0.3, 0.4) is 0 Å². The molecule has 4 aliphatic rings. The summed E-state index contributed by atoms with van der Waals surface area (Å²) in [5.41, 5.74) is 1.98. The minimum Gasteiger partial charge on any atom is -0.503 e. The Morgan fingerprint density at radius 1 is 1.07 bits per heavy atom. The van der Waals surface area contributed by atoms with Gasteiger partial charge < -0.3 is 9.84 Å². The van der Waals surface area contributed by atoms with Gasteiger partial charge in [-0.25, -0.2) is 4.90 Å². The Labute approximate surface area is 256 Å². The van der Waals surface area contributed by atoms with Crippen molar-refractivity contribution in [1.82, 2.24) is 0 Å². The van der Waals surface area contributed by atoms with Crippen LogP contribution in [-0.4, -0.2) is 40.5 Å². The fourth-order valence-corrected chi connectivity index (χ4v) is 7.67. The van der Waals surface area contributed by atoms with E-state index in [0.29, 0.717) is 25.7 Å². The lowest BCUT2D eigenvalue weighted by Gasteiger charge is -2.42. The number of benzene rings is 2. The number of imide groups is 1. The largest absolute Gasteiger partial charge is 0.503 e. The van der Waals surface area contributed by atoms with Gasteiger partial charge in [-0.05, 0) is 81.3 Å². The van der Waals surface area contributed by atoms with Gasteiger partial charge in [0.05, 0.1) is 34.0 Å². The van der Waals surface area contributed by atoms with Crippen LogP contribution in [0.5, 0.6) is 11.5 Å². The van der Waals surface area contributed by atoms with Crippen molar-refractivity contribution in [2.45, 2.75) is 25.7 Å². The molecule has 10 nitrogen and oxygen atoms in total. The van der Waals surface area contributed by atoms with Gasteiger partial charge in [-0.2, -0.15) is 0 Å². The molecule has 2 amide bonds. The smallest absolute Gasteiger partial charge is 0.271 e. The summed E-state index contributed by atoms with van der Waals surface area (Å²) in [5.74, 6) is -4.55. The monoisotopic (exact) mass is 696 g/mol. The number of halogens is 2.